The van der Waals surface area contributed by atoms with E-state index in [1.54, 1.807) is 11.3 Å². The minimum Gasteiger partial charge on any atom is -0.323 e. The maximum Gasteiger partial charge on any atom is 0.0641 e. The van der Waals surface area contributed by atoms with Crippen LogP contribution >= 0.6 is 11.3 Å². The minimum atomic E-state index is -0.111. The van der Waals surface area contributed by atoms with Gasteiger partial charge in [-0.3, -0.25) is 0 Å². The van der Waals surface area contributed by atoms with Crippen molar-refractivity contribution in [3.63, 3.8) is 0 Å². The molecule has 0 amide bonds. The average molecular weight is 180 g/mol. The fourth-order valence-corrected chi connectivity index (χ4v) is 2.22. The van der Waals surface area contributed by atoms with Crippen LogP contribution in [-0.2, 0) is 0 Å². The highest BCUT2D eigenvalue weighted by Gasteiger charge is 2.10. The molecule has 2 nitrogen and oxygen atoms in total. The van der Waals surface area contributed by atoms with Gasteiger partial charge in [0.05, 0.1) is 12.5 Å². The number of hydrogen-bond acceptors (Lipinski definition) is 3. The van der Waals surface area contributed by atoms with Crippen LogP contribution in [0.2, 0.25) is 0 Å². The molecule has 3 heteroatoms. The fraction of sp³-hybridized carbons (Fsp3) is 0.444. The first-order valence-corrected chi connectivity index (χ1v) is 4.66. The quantitative estimate of drug-likeness (QED) is 0.759. The van der Waals surface area contributed by atoms with Gasteiger partial charge in [-0.25, -0.2) is 0 Å². The average Bonchev–Trinajstić information content (AvgIpc) is 2.30. The molecule has 1 aromatic rings. The van der Waals surface area contributed by atoms with E-state index in [4.69, 9.17) is 11.0 Å². The van der Waals surface area contributed by atoms with Crippen molar-refractivity contribution in [1.29, 1.82) is 5.26 Å². The summed E-state index contributed by atoms with van der Waals surface area (Å²) in [6, 6.07) is 4.04. The third kappa shape index (κ3) is 1.84. The predicted molar refractivity (Wildman–Crippen MR) is 51.0 cm³/mol. The Morgan fingerprint density at radius 3 is 2.75 bits per heavy atom. The highest BCUT2D eigenvalue weighted by molar-refractivity contribution is 7.12. The van der Waals surface area contributed by atoms with E-state index in [9.17, 15) is 0 Å². The van der Waals surface area contributed by atoms with E-state index in [0.717, 1.165) is 5.56 Å². The summed E-state index contributed by atoms with van der Waals surface area (Å²) in [6.45, 7) is 4.10. The molecular formula is C9H12N2S. The van der Waals surface area contributed by atoms with Crippen LogP contribution in [-0.4, -0.2) is 0 Å². The molecule has 1 rings (SSSR count). The maximum absolute atomic E-state index is 8.47. The summed E-state index contributed by atoms with van der Waals surface area (Å²) in [6.07, 6.45) is 0.400. The summed E-state index contributed by atoms with van der Waals surface area (Å²) in [7, 11) is 0. The Morgan fingerprint density at radius 2 is 2.33 bits per heavy atom. The Morgan fingerprint density at radius 1 is 1.67 bits per heavy atom. The first kappa shape index (κ1) is 9.24. The van der Waals surface area contributed by atoms with E-state index in [1.165, 1.54) is 9.75 Å². The van der Waals surface area contributed by atoms with Gasteiger partial charge in [0.15, 0.2) is 0 Å². The number of hydrogen-bond donors (Lipinski definition) is 1. The second-order valence-electron chi connectivity index (χ2n) is 2.84. The molecule has 0 aliphatic rings. The maximum atomic E-state index is 8.47. The van der Waals surface area contributed by atoms with E-state index in [2.05, 4.69) is 19.1 Å². The lowest BCUT2D eigenvalue weighted by atomic mass is 10.1. The van der Waals surface area contributed by atoms with E-state index in [-0.39, 0.29) is 6.04 Å². The van der Waals surface area contributed by atoms with Gasteiger partial charge in [0.2, 0.25) is 0 Å². The molecule has 0 spiro atoms. The van der Waals surface area contributed by atoms with Crippen LogP contribution in [0, 0.1) is 25.2 Å². The van der Waals surface area contributed by atoms with Crippen LogP contribution < -0.4 is 5.73 Å². The second-order valence-corrected chi connectivity index (χ2v) is 4.30. The standard InChI is InChI=1S/C9H12N2S/c1-6-5-8(7(2)12-6)9(11)3-4-10/h5,9H,3,11H2,1-2H3/t9-/m1/s1. The molecule has 2 N–H and O–H groups in total. The Hall–Kier alpha value is -0.850. The van der Waals surface area contributed by atoms with Gasteiger partial charge in [-0.15, -0.1) is 11.3 Å². The van der Waals surface area contributed by atoms with E-state index in [1.807, 2.05) is 6.92 Å². The van der Waals surface area contributed by atoms with Crippen molar-refractivity contribution in [3.8, 4) is 6.07 Å². The zero-order valence-corrected chi connectivity index (χ0v) is 8.11. The Kier molecular flexibility index (Phi) is 2.85. The third-order valence-corrected chi connectivity index (χ3v) is 2.77. The van der Waals surface area contributed by atoms with Crippen LogP contribution in [0.3, 0.4) is 0 Å². The minimum absolute atomic E-state index is 0.111. The summed E-state index contributed by atoms with van der Waals surface area (Å²) >= 11 is 1.73. The van der Waals surface area contributed by atoms with Crippen molar-refractivity contribution in [1.82, 2.24) is 0 Å². The van der Waals surface area contributed by atoms with Gasteiger partial charge >= 0.3 is 0 Å². The number of nitrogens with two attached hydrogens (primary N) is 1. The molecule has 1 atom stereocenters. The molecule has 0 fully saturated rings. The topological polar surface area (TPSA) is 49.8 Å². The van der Waals surface area contributed by atoms with Crippen molar-refractivity contribution >= 4 is 11.3 Å². The first-order chi connectivity index (χ1) is 5.65. The SMILES string of the molecule is Cc1cc([C@H](N)CC#N)c(C)s1. The molecule has 0 unspecified atom stereocenters. The van der Waals surface area contributed by atoms with Crippen molar-refractivity contribution in [2.45, 2.75) is 26.3 Å². The normalized spacial score (nSPS) is 12.5. The first-order valence-electron chi connectivity index (χ1n) is 3.84. The van der Waals surface area contributed by atoms with Crippen LogP contribution in [0.4, 0.5) is 0 Å². The zero-order chi connectivity index (χ0) is 9.14. The van der Waals surface area contributed by atoms with Gasteiger partial charge < -0.3 is 5.73 Å². The zero-order valence-electron chi connectivity index (χ0n) is 7.29. The molecule has 0 aromatic carbocycles. The largest absolute Gasteiger partial charge is 0.323 e. The highest BCUT2D eigenvalue weighted by Crippen LogP contribution is 2.26. The molecule has 12 heavy (non-hydrogen) atoms. The van der Waals surface area contributed by atoms with Gasteiger partial charge in [0.1, 0.15) is 0 Å². The molecule has 0 radical (unpaired) electrons. The summed E-state index contributed by atoms with van der Waals surface area (Å²) in [5, 5.41) is 8.47. The van der Waals surface area contributed by atoms with Gasteiger partial charge in [-0.1, -0.05) is 0 Å². The van der Waals surface area contributed by atoms with Crippen molar-refractivity contribution in [2.24, 2.45) is 5.73 Å². The second kappa shape index (κ2) is 3.70. The number of aryl methyl sites for hydroxylation is 2. The number of rotatable bonds is 2. The molecular weight excluding hydrogens is 168 g/mol. The highest BCUT2D eigenvalue weighted by atomic mass is 32.1. The van der Waals surface area contributed by atoms with Gasteiger partial charge in [-0.2, -0.15) is 5.26 Å². The monoisotopic (exact) mass is 180 g/mol. The third-order valence-electron chi connectivity index (χ3n) is 1.79. The summed E-state index contributed by atoms with van der Waals surface area (Å²) in [5.74, 6) is 0. The lowest BCUT2D eigenvalue weighted by molar-refractivity contribution is 0.747. The Balaban J connectivity index is 2.88. The molecule has 1 aromatic heterocycles. The van der Waals surface area contributed by atoms with Gasteiger partial charge in [0.25, 0.3) is 0 Å². The molecule has 0 aliphatic heterocycles. The lowest BCUT2D eigenvalue weighted by Crippen LogP contribution is -2.08. The molecule has 64 valence electrons. The number of nitriles is 1. The van der Waals surface area contributed by atoms with Gasteiger partial charge in [0, 0.05) is 15.8 Å². The Labute approximate surface area is 76.6 Å². The molecule has 0 bridgehead atoms. The Bertz CT molecular complexity index is 309. The number of thiophene rings is 1. The van der Waals surface area contributed by atoms with Crippen LogP contribution in [0.1, 0.15) is 27.8 Å². The lowest BCUT2D eigenvalue weighted by Gasteiger charge is -2.05. The molecule has 0 aliphatic carbocycles. The van der Waals surface area contributed by atoms with Crippen molar-refractivity contribution < 1.29 is 0 Å². The van der Waals surface area contributed by atoms with E-state index < -0.39 is 0 Å². The molecule has 1 heterocycles. The van der Waals surface area contributed by atoms with Crippen molar-refractivity contribution in [2.75, 3.05) is 0 Å². The predicted octanol–water partition coefficient (Wildman–Crippen LogP) is 2.28. The molecule has 0 saturated heterocycles. The van der Waals surface area contributed by atoms with Crippen LogP contribution in [0.5, 0.6) is 0 Å². The smallest absolute Gasteiger partial charge is 0.0641 e. The number of nitrogens with zero attached hydrogens (tertiary/aromatic N) is 1. The fourth-order valence-electron chi connectivity index (χ4n) is 1.23. The van der Waals surface area contributed by atoms with E-state index >= 15 is 0 Å². The summed E-state index contributed by atoms with van der Waals surface area (Å²) in [5.41, 5.74) is 6.93. The molecule has 0 saturated carbocycles. The summed E-state index contributed by atoms with van der Waals surface area (Å²) in [4.78, 5) is 2.49. The van der Waals surface area contributed by atoms with E-state index in [0.29, 0.717) is 6.42 Å². The van der Waals surface area contributed by atoms with Crippen LogP contribution in [0.15, 0.2) is 6.07 Å². The summed E-state index contributed by atoms with van der Waals surface area (Å²) < 4.78 is 0. The van der Waals surface area contributed by atoms with Gasteiger partial charge in [-0.05, 0) is 25.5 Å². The van der Waals surface area contributed by atoms with Crippen LogP contribution in [0.25, 0.3) is 0 Å². The van der Waals surface area contributed by atoms with Crippen molar-refractivity contribution in [3.05, 3.63) is 21.4 Å².